The average molecular weight is 409 g/mol. The lowest BCUT2D eigenvalue weighted by molar-refractivity contribution is -0.0922. The molecule has 2 unspecified atom stereocenters. The maximum atomic E-state index is 5.45. The zero-order valence-electron chi connectivity index (χ0n) is 13.1. The highest BCUT2D eigenvalue weighted by atomic mass is 127. The van der Waals surface area contributed by atoms with Crippen molar-refractivity contribution < 1.29 is 9.26 Å². The van der Waals surface area contributed by atoms with Crippen LogP contribution in [0.1, 0.15) is 32.0 Å². The first-order valence-corrected chi connectivity index (χ1v) is 6.76. The van der Waals surface area contributed by atoms with Crippen LogP contribution in [0.25, 0.3) is 0 Å². The largest absolute Gasteiger partial charge is 0.381 e. The van der Waals surface area contributed by atoms with Crippen LogP contribution in [0, 0.1) is 12.3 Å². The zero-order valence-corrected chi connectivity index (χ0v) is 15.5. The third kappa shape index (κ3) is 4.06. The van der Waals surface area contributed by atoms with E-state index in [9.17, 15) is 0 Å². The van der Waals surface area contributed by atoms with Crippen molar-refractivity contribution >= 4 is 29.9 Å². The second kappa shape index (κ2) is 7.39. The molecule has 8 heteroatoms. The number of nitrogens with one attached hydrogen (secondary N) is 2. The quantitative estimate of drug-likeness (QED) is 0.445. The predicted octanol–water partition coefficient (Wildman–Crippen LogP) is 1.47. The molecule has 0 radical (unpaired) electrons. The fourth-order valence-corrected chi connectivity index (χ4v) is 2.47. The maximum Gasteiger partial charge on any atom is 0.223 e. The van der Waals surface area contributed by atoms with Gasteiger partial charge in [-0.2, -0.15) is 4.98 Å². The van der Waals surface area contributed by atoms with Crippen LogP contribution < -0.4 is 10.6 Å². The molecule has 21 heavy (non-hydrogen) atoms. The fourth-order valence-electron chi connectivity index (χ4n) is 2.47. The molecule has 120 valence electrons. The van der Waals surface area contributed by atoms with Crippen LogP contribution >= 0.6 is 24.0 Å². The Balaban J connectivity index is 0.00000220. The number of rotatable bonds is 4. The standard InChI is InChI=1S/C13H23N5O2.HI/c1-8-16-11(18-20-8)7-15-12(14-4)17-9-6-10(19-5)13(9,2)3;/h9-10H,6-7H2,1-5H3,(H2,14,15,17);1H. The molecule has 1 aliphatic carbocycles. The molecule has 2 rings (SSSR count). The highest BCUT2D eigenvalue weighted by Gasteiger charge is 2.48. The van der Waals surface area contributed by atoms with Crippen molar-refractivity contribution in [2.45, 2.75) is 45.9 Å². The molecule has 2 N–H and O–H groups in total. The summed E-state index contributed by atoms with van der Waals surface area (Å²) in [5, 5.41) is 10.4. The Hall–Kier alpha value is -0.900. The number of aromatic nitrogens is 2. The van der Waals surface area contributed by atoms with Gasteiger partial charge >= 0.3 is 0 Å². The molecule has 1 saturated carbocycles. The van der Waals surface area contributed by atoms with Crippen molar-refractivity contribution in [3.8, 4) is 0 Å². The van der Waals surface area contributed by atoms with Gasteiger partial charge in [0, 0.05) is 32.5 Å². The van der Waals surface area contributed by atoms with E-state index in [0.717, 1.165) is 12.4 Å². The summed E-state index contributed by atoms with van der Waals surface area (Å²) in [5.41, 5.74) is 0.0924. The summed E-state index contributed by atoms with van der Waals surface area (Å²) in [7, 11) is 3.50. The van der Waals surface area contributed by atoms with Crippen LogP contribution in [0.3, 0.4) is 0 Å². The second-order valence-electron chi connectivity index (χ2n) is 5.63. The van der Waals surface area contributed by atoms with Gasteiger partial charge in [-0.1, -0.05) is 19.0 Å². The summed E-state index contributed by atoms with van der Waals surface area (Å²) in [5.74, 6) is 1.92. The summed E-state index contributed by atoms with van der Waals surface area (Å²) in [6.45, 7) is 6.64. The normalized spacial score (nSPS) is 24.0. The van der Waals surface area contributed by atoms with Crippen LogP contribution in [-0.4, -0.2) is 42.4 Å². The van der Waals surface area contributed by atoms with Crippen LogP contribution in [0.5, 0.6) is 0 Å². The third-order valence-corrected chi connectivity index (χ3v) is 3.98. The summed E-state index contributed by atoms with van der Waals surface area (Å²) in [6, 6.07) is 0.339. The van der Waals surface area contributed by atoms with Gasteiger partial charge in [0.2, 0.25) is 5.89 Å². The number of halogens is 1. The van der Waals surface area contributed by atoms with Gasteiger partial charge in [0.25, 0.3) is 0 Å². The van der Waals surface area contributed by atoms with Gasteiger partial charge in [-0.3, -0.25) is 4.99 Å². The average Bonchev–Trinajstić information content (AvgIpc) is 2.83. The minimum Gasteiger partial charge on any atom is -0.381 e. The number of methoxy groups -OCH3 is 1. The predicted molar refractivity (Wildman–Crippen MR) is 90.8 cm³/mol. The van der Waals surface area contributed by atoms with Gasteiger partial charge in [-0.05, 0) is 6.42 Å². The topological polar surface area (TPSA) is 84.6 Å². The van der Waals surface area contributed by atoms with E-state index in [2.05, 4.69) is 39.6 Å². The van der Waals surface area contributed by atoms with Gasteiger partial charge in [0.15, 0.2) is 11.8 Å². The van der Waals surface area contributed by atoms with Crippen molar-refractivity contribution in [1.29, 1.82) is 0 Å². The molecule has 2 atom stereocenters. The van der Waals surface area contributed by atoms with Crippen LogP contribution in [0.2, 0.25) is 0 Å². The van der Waals surface area contributed by atoms with E-state index in [1.54, 1.807) is 21.1 Å². The van der Waals surface area contributed by atoms with Gasteiger partial charge in [-0.15, -0.1) is 24.0 Å². The first-order valence-electron chi connectivity index (χ1n) is 6.76. The van der Waals surface area contributed by atoms with Crippen LogP contribution in [-0.2, 0) is 11.3 Å². The molecule has 0 bridgehead atoms. The lowest BCUT2D eigenvalue weighted by atomic mass is 9.64. The molecular formula is C13H24IN5O2. The third-order valence-electron chi connectivity index (χ3n) is 3.98. The molecule has 0 aromatic carbocycles. The van der Waals surface area contributed by atoms with Gasteiger partial charge in [-0.25, -0.2) is 0 Å². The minimum atomic E-state index is 0. The van der Waals surface area contributed by atoms with Crippen LogP contribution in [0.15, 0.2) is 9.52 Å². The smallest absolute Gasteiger partial charge is 0.223 e. The number of hydrogen-bond acceptors (Lipinski definition) is 5. The lowest BCUT2D eigenvalue weighted by Crippen LogP contribution is -2.63. The summed E-state index contributed by atoms with van der Waals surface area (Å²) in [6.07, 6.45) is 1.27. The van der Waals surface area contributed by atoms with Crippen molar-refractivity contribution in [2.24, 2.45) is 10.4 Å². The molecule has 1 aliphatic rings. The van der Waals surface area contributed by atoms with E-state index < -0.39 is 0 Å². The number of guanidine groups is 1. The molecular weight excluding hydrogens is 385 g/mol. The maximum absolute atomic E-state index is 5.45. The second-order valence-corrected chi connectivity index (χ2v) is 5.63. The van der Waals surface area contributed by atoms with Crippen molar-refractivity contribution in [3.05, 3.63) is 11.7 Å². The summed E-state index contributed by atoms with van der Waals surface area (Å²) >= 11 is 0. The fraction of sp³-hybridized carbons (Fsp3) is 0.769. The number of aryl methyl sites for hydroxylation is 1. The van der Waals surface area contributed by atoms with E-state index in [0.29, 0.717) is 24.3 Å². The number of hydrogen-bond donors (Lipinski definition) is 2. The van der Waals surface area contributed by atoms with E-state index in [1.165, 1.54) is 0 Å². The molecule has 1 heterocycles. The van der Waals surface area contributed by atoms with Gasteiger partial charge in [0.05, 0.1) is 12.6 Å². The molecule has 0 saturated heterocycles. The van der Waals surface area contributed by atoms with E-state index in [-0.39, 0.29) is 35.5 Å². The van der Waals surface area contributed by atoms with E-state index >= 15 is 0 Å². The van der Waals surface area contributed by atoms with E-state index in [4.69, 9.17) is 9.26 Å². The Morgan fingerprint density at radius 1 is 1.52 bits per heavy atom. The molecule has 1 aromatic rings. The van der Waals surface area contributed by atoms with Gasteiger partial charge < -0.3 is 19.9 Å². The zero-order chi connectivity index (χ0) is 14.8. The lowest BCUT2D eigenvalue weighted by Gasteiger charge is -2.51. The highest BCUT2D eigenvalue weighted by molar-refractivity contribution is 14.0. The first kappa shape index (κ1) is 18.1. The number of nitrogens with zero attached hydrogens (tertiary/aromatic N) is 3. The molecule has 0 aliphatic heterocycles. The Kier molecular flexibility index (Phi) is 6.39. The van der Waals surface area contributed by atoms with Crippen molar-refractivity contribution in [1.82, 2.24) is 20.8 Å². The SMILES string of the molecule is CN=C(NCc1noc(C)n1)NC1CC(OC)C1(C)C.I. The van der Waals surface area contributed by atoms with Gasteiger partial charge in [0.1, 0.15) is 0 Å². The molecule has 7 nitrogen and oxygen atoms in total. The number of ether oxygens (including phenoxy) is 1. The van der Waals surface area contributed by atoms with E-state index in [1.807, 2.05) is 0 Å². The number of aliphatic imine (C=N–C) groups is 1. The highest BCUT2D eigenvalue weighted by Crippen LogP contribution is 2.42. The molecule has 1 fully saturated rings. The summed E-state index contributed by atoms with van der Waals surface area (Å²) in [4.78, 5) is 8.36. The van der Waals surface area contributed by atoms with Crippen molar-refractivity contribution in [2.75, 3.05) is 14.2 Å². The van der Waals surface area contributed by atoms with Crippen molar-refractivity contribution in [3.63, 3.8) is 0 Å². The summed E-state index contributed by atoms with van der Waals surface area (Å²) < 4.78 is 10.4. The van der Waals surface area contributed by atoms with Crippen LogP contribution in [0.4, 0.5) is 0 Å². The Bertz CT molecular complexity index is 489. The Morgan fingerprint density at radius 2 is 2.24 bits per heavy atom. The monoisotopic (exact) mass is 409 g/mol. The first-order chi connectivity index (χ1) is 9.47. The molecule has 1 aromatic heterocycles. The Labute approximate surface area is 142 Å². The molecule has 0 spiro atoms. The minimum absolute atomic E-state index is 0. The molecule has 0 amide bonds. The Morgan fingerprint density at radius 3 is 2.71 bits per heavy atom.